The second-order valence-electron chi connectivity index (χ2n) is 9.16. The normalized spacial score (nSPS) is 15.1. The Balaban J connectivity index is 1.48. The van der Waals surface area contributed by atoms with Gasteiger partial charge in [0, 0.05) is 24.3 Å². The average Bonchev–Trinajstić information content (AvgIpc) is 2.92. The third kappa shape index (κ3) is 6.23. The Hall–Kier alpha value is -3.89. The maximum atomic E-state index is 12.9. The molecule has 3 aromatic rings. The van der Waals surface area contributed by atoms with Crippen LogP contribution in [-0.4, -0.2) is 56.9 Å². The van der Waals surface area contributed by atoms with E-state index in [4.69, 9.17) is 9.47 Å². The van der Waals surface area contributed by atoms with Crippen molar-refractivity contribution >= 4 is 33.2 Å². The number of rotatable bonds is 10. The molecule has 0 aromatic heterocycles. The van der Waals surface area contributed by atoms with Gasteiger partial charge >= 0.3 is 0 Å². The predicted molar refractivity (Wildman–Crippen MR) is 150 cm³/mol. The molecular formula is C29H33N3O6S. The first-order chi connectivity index (χ1) is 18.6. The van der Waals surface area contributed by atoms with Crippen LogP contribution in [0, 0.1) is 6.92 Å². The van der Waals surface area contributed by atoms with Crippen molar-refractivity contribution in [1.82, 2.24) is 4.31 Å². The van der Waals surface area contributed by atoms with Gasteiger partial charge in [-0.2, -0.15) is 4.31 Å². The van der Waals surface area contributed by atoms with Crippen molar-refractivity contribution < 1.29 is 27.5 Å². The van der Waals surface area contributed by atoms with E-state index in [0.717, 1.165) is 5.56 Å². The summed E-state index contributed by atoms with van der Waals surface area (Å²) in [5.74, 6) is 0.629. The second-order valence-corrected chi connectivity index (χ2v) is 11.1. The van der Waals surface area contributed by atoms with Crippen LogP contribution in [0.4, 0.5) is 11.4 Å². The minimum Gasteiger partial charge on any atom is -0.492 e. The lowest BCUT2D eigenvalue weighted by Gasteiger charge is -2.33. The Labute approximate surface area is 229 Å². The van der Waals surface area contributed by atoms with E-state index < -0.39 is 22.0 Å². The Morgan fingerprint density at radius 3 is 2.33 bits per heavy atom. The van der Waals surface area contributed by atoms with Crippen LogP contribution in [0.2, 0.25) is 0 Å². The first-order valence-electron chi connectivity index (χ1n) is 12.9. The molecule has 3 aromatic carbocycles. The molecular weight excluding hydrogens is 518 g/mol. The van der Waals surface area contributed by atoms with Crippen molar-refractivity contribution in [3.63, 3.8) is 0 Å². The Morgan fingerprint density at radius 2 is 1.69 bits per heavy atom. The van der Waals surface area contributed by atoms with Crippen LogP contribution in [0.1, 0.15) is 36.7 Å². The number of sulfonamides is 1. The highest BCUT2D eigenvalue weighted by Gasteiger charge is 2.32. The van der Waals surface area contributed by atoms with Crippen LogP contribution in [0.25, 0.3) is 0 Å². The summed E-state index contributed by atoms with van der Waals surface area (Å²) in [4.78, 5) is 27.6. The van der Waals surface area contributed by atoms with Crippen molar-refractivity contribution in [2.75, 3.05) is 36.5 Å². The molecule has 206 valence electrons. The summed E-state index contributed by atoms with van der Waals surface area (Å²) in [7, 11) is -3.62. The van der Waals surface area contributed by atoms with Gasteiger partial charge in [0.1, 0.15) is 18.1 Å². The van der Waals surface area contributed by atoms with Gasteiger partial charge in [0.15, 0.2) is 6.10 Å². The molecule has 10 heteroatoms. The first kappa shape index (κ1) is 28.1. The number of amides is 2. The molecule has 4 rings (SSSR count). The minimum absolute atomic E-state index is 0.129. The van der Waals surface area contributed by atoms with Crippen molar-refractivity contribution in [3.8, 4) is 11.5 Å². The van der Waals surface area contributed by atoms with Crippen LogP contribution in [-0.2, 0) is 14.8 Å². The zero-order valence-corrected chi connectivity index (χ0v) is 23.3. The van der Waals surface area contributed by atoms with Gasteiger partial charge in [-0.1, -0.05) is 31.5 Å². The van der Waals surface area contributed by atoms with Gasteiger partial charge in [0.2, 0.25) is 10.0 Å². The lowest BCUT2D eigenvalue weighted by atomic mass is 10.1. The number of hydrogen-bond acceptors (Lipinski definition) is 6. The number of nitrogens with zero attached hydrogens (tertiary/aromatic N) is 2. The van der Waals surface area contributed by atoms with Gasteiger partial charge in [0.05, 0.1) is 17.1 Å². The topological polar surface area (TPSA) is 105 Å². The number of fused-ring (bicyclic) bond motifs is 1. The van der Waals surface area contributed by atoms with E-state index in [0.29, 0.717) is 48.1 Å². The summed E-state index contributed by atoms with van der Waals surface area (Å²) in [6.07, 6.45) is -0.650. The van der Waals surface area contributed by atoms with E-state index in [2.05, 4.69) is 5.32 Å². The molecule has 0 spiro atoms. The predicted octanol–water partition coefficient (Wildman–Crippen LogP) is 4.47. The van der Waals surface area contributed by atoms with Gasteiger partial charge in [-0.3, -0.25) is 9.59 Å². The third-order valence-electron chi connectivity index (χ3n) is 6.49. The molecule has 0 fully saturated rings. The number of benzene rings is 3. The number of ether oxygens (including phenoxy) is 2. The van der Waals surface area contributed by atoms with Crippen molar-refractivity contribution in [2.45, 2.75) is 38.7 Å². The Bertz CT molecular complexity index is 1430. The van der Waals surface area contributed by atoms with Crippen LogP contribution in [0.3, 0.4) is 0 Å². The van der Waals surface area contributed by atoms with E-state index in [1.165, 1.54) is 28.6 Å². The SMILES string of the molecule is CCN(CC)S(=O)(=O)c1ccc(C(=O)Nc2ccc3c(c2)N(CCOc2ccc(C)cc2)C(=O)C(C)O3)cc1. The van der Waals surface area contributed by atoms with Crippen LogP contribution in [0.15, 0.2) is 71.6 Å². The van der Waals surface area contributed by atoms with Crippen molar-refractivity contribution in [1.29, 1.82) is 0 Å². The molecule has 1 atom stereocenters. The summed E-state index contributed by atoms with van der Waals surface area (Å²) in [5.41, 5.74) is 2.43. The molecule has 9 nitrogen and oxygen atoms in total. The van der Waals surface area contributed by atoms with Gasteiger partial charge in [-0.25, -0.2) is 8.42 Å². The number of carbonyl (C=O) groups excluding carboxylic acids is 2. The van der Waals surface area contributed by atoms with E-state index in [1.807, 2.05) is 31.2 Å². The molecule has 1 unspecified atom stereocenters. The molecule has 0 radical (unpaired) electrons. The maximum Gasteiger partial charge on any atom is 0.267 e. The fourth-order valence-corrected chi connectivity index (χ4v) is 5.76. The highest BCUT2D eigenvalue weighted by molar-refractivity contribution is 7.89. The fraction of sp³-hybridized carbons (Fsp3) is 0.310. The van der Waals surface area contributed by atoms with Gasteiger partial charge in [-0.15, -0.1) is 0 Å². The maximum absolute atomic E-state index is 12.9. The van der Waals surface area contributed by atoms with Gasteiger partial charge in [-0.05, 0) is 68.4 Å². The molecule has 1 N–H and O–H groups in total. The summed E-state index contributed by atoms with van der Waals surface area (Å²) in [6.45, 7) is 8.54. The quantitative estimate of drug-likeness (QED) is 0.399. The second kappa shape index (κ2) is 11.9. The van der Waals surface area contributed by atoms with E-state index >= 15 is 0 Å². The van der Waals surface area contributed by atoms with Crippen molar-refractivity contribution in [3.05, 3.63) is 77.9 Å². The molecule has 2 amide bonds. The highest BCUT2D eigenvalue weighted by Crippen LogP contribution is 2.36. The fourth-order valence-electron chi connectivity index (χ4n) is 4.30. The molecule has 0 bridgehead atoms. The van der Waals surface area contributed by atoms with Crippen molar-refractivity contribution in [2.24, 2.45) is 0 Å². The smallest absolute Gasteiger partial charge is 0.267 e. The van der Waals surface area contributed by atoms with E-state index in [9.17, 15) is 18.0 Å². The summed E-state index contributed by atoms with van der Waals surface area (Å²) in [6, 6.07) is 18.6. The Morgan fingerprint density at radius 1 is 1.03 bits per heavy atom. The number of nitrogens with one attached hydrogen (secondary N) is 1. The number of aryl methyl sites for hydroxylation is 1. The molecule has 0 saturated carbocycles. The minimum atomic E-state index is -3.62. The Kier molecular flexibility index (Phi) is 8.57. The van der Waals surface area contributed by atoms with Gasteiger partial charge in [0.25, 0.3) is 11.8 Å². The molecule has 1 aliphatic heterocycles. The van der Waals surface area contributed by atoms with Crippen LogP contribution in [0.5, 0.6) is 11.5 Å². The van der Waals surface area contributed by atoms with Crippen LogP contribution >= 0.6 is 0 Å². The first-order valence-corrected chi connectivity index (χ1v) is 14.3. The zero-order chi connectivity index (χ0) is 28.2. The summed E-state index contributed by atoms with van der Waals surface area (Å²) >= 11 is 0. The largest absolute Gasteiger partial charge is 0.492 e. The van der Waals surface area contributed by atoms with Gasteiger partial charge < -0.3 is 19.7 Å². The van der Waals surface area contributed by atoms with Crippen LogP contribution < -0.4 is 19.7 Å². The highest BCUT2D eigenvalue weighted by atomic mass is 32.2. The standard InChI is InChI=1S/C29H33N3O6S/c1-5-31(6-2)39(35,36)25-14-9-22(10-15-25)28(33)30-23-11-16-27-26(19-23)32(29(34)21(4)38-27)17-18-37-24-12-7-20(3)8-13-24/h7-16,19,21H,5-6,17-18H2,1-4H3,(H,30,33). The average molecular weight is 552 g/mol. The third-order valence-corrected chi connectivity index (χ3v) is 8.55. The van der Waals surface area contributed by atoms with E-state index in [1.54, 1.807) is 43.9 Å². The number of anilines is 2. The zero-order valence-electron chi connectivity index (χ0n) is 22.5. The molecule has 1 aliphatic rings. The van der Waals surface area contributed by atoms with E-state index in [-0.39, 0.29) is 17.4 Å². The lowest BCUT2D eigenvalue weighted by molar-refractivity contribution is -0.125. The monoisotopic (exact) mass is 551 g/mol. The molecule has 1 heterocycles. The molecule has 0 saturated heterocycles. The summed E-state index contributed by atoms with van der Waals surface area (Å²) in [5, 5.41) is 2.82. The summed E-state index contributed by atoms with van der Waals surface area (Å²) < 4.78 is 38.4. The lowest BCUT2D eigenvalue weighted by Crippen LogP contribution is -2.46. The number of hydrogen-bond donors (Lipinski definition) is 1. The number of carbonyl (C=O) groups is 2. The molecule has 39 heavy (non-hydrogen) atoms. The molecule has 0 aliphatic carbocycles.